The first-order valence-corrected chi connectivity index (χ1v) is 14.7. The Morgan fingerprint density at radius 2 is 1.26 bits per heavy atom. The van der Waals surface area contributed by atoms with Gasteiger partial charge in [-0.05, 0) is 43.3 Å². The third-order valence-electron chi connectivity index (χ3n) is 6.68. The normalized spacial score (nSPS) is 22.7. The van der Waals surface area contributed by atoms with Crippen LogP contribution in [0.15, 0.2) is 96.0 Å². The van der Waals surface area contributed by atoms with E-state index in [1.807, 2.05) is 0 Å². The number of benzene rings is 3. The van der Waals surface area contributed by atoms with Gasteiger partial charge >= 0.3 is 23.9 Å². The molecule has 2 aliphatic rings. The monoisotopic (exact) mass is 603 g/mol. The van der Waals surface area contributed by atoms with Crippen LogP contribution in [0.5, 0.6) is 0 Å². The summed E-state index contributed by atoms with van der Waals surface area (Å²) in [6.07, 6.45) is -4.39. The lowest BCUT2D eigenvalue weighted by molar-refractivity contribution is -0.143. The topological polar surface area (TPSA) is 127 Å². The van der Waals surface area contributed by atoms with E-state index in [4.69, 9.17) is 23.7 Å². The maximum atomic E-state index is 13.3. The molecule has 5 rings (SSSR count). The fourth-order valence-electron chi connectivity index (χ4n) is 4.59. The number of hydrogen-bond donors (Lipinski definition) is 0. The molecule has 0 aliphatic carbocycles. The van der Waals surface area contributed by atoms with Crippen LogP contribution in [-0.2, 0) is 28.5 Å². The molecular weight excluding hydrogens is 574 g/mol. The minimum absolute atomic E-state index is 0.203. The molecule has 0 saturated carbocycles. The molecule has 11 heteroatoms. The predicted octanol–water partition coefficient (Wildman–Crippen LogP) is 4.14. The minimum Gasteiger partial charge on any atom is -0.464 e. The highest BCUT2D eigenvalue weighted by atomic mass is 32.2. The smallest absolute Gasteiger partial charge is 0.338 e. The van der Waals surface area contributed by atoms with Crippen LogP contribution in [0.2, 0.25) is 0 Å². The second kappa shape index (κ2) is 14.1. The van der Waals surface area contributed by atoms with E-state index in [9.17, 15) is 19.2 Å². The van der Waals surface area contributed by atoms with Gasteiger partial charge in [0.25, 0.3) is 0 Å². The molecule has 222 valence electrons. The summed E-state index contributed by atoms with van der Waals surface area (Å²) >= 11 is 1.25. The zero-order valence-electron chi connectivity index (χ0n) is 23.2. The van der Waals surface area contributed by atoms with Crippen molar-refractivity contribution < 1.29 is 42.9 Å². The molecule has 1 saturated heterocycles. The highest BCUT2D eigenvalue weighted by Crippen LogP contribution is 2.35. The number of rotatable bonds is 10. The zero-order chi connectivity index (χ0) is 30.2. The minimum atomic E-state index is -1.18. The summed E-state index contributed by atoms with van der Waals surface area (Å²) in [5.74, 6) is -2.14. The molecule has 1 unspecified atom stereocenters. The number of aliphatic imine (C=N–C) groups is 1. The Morgan fingerprint density at radius 1 is 0.744 bits per heavy atom. The van der Waals surface area contributed by atoms with Crippen molar-refractivity contribution >= 4 is 40.7 Å². The summed E-state index contributed by atoms with van der Waals surface area (Å²) in [5.41, 5.74) is 0.878. The summed E-state index contributed by atoms with van der Waals surface area (Å²) in [6, 6.07) is 24.3. The van der Waals surface area contributed by atoms with Gasteiger partial charge in [0, 0.05) is 5.75 Å². The molecule has 0 aromatic heterocycles. The fraction of sp³-hybridized carbons (Fsp3) is 0.281. The predicted molar refractivity (Wildman–Crippen MR) is 157 cm³/mol. The third kappa shape index (κ3) is 7.30. The van der Waals surface area contributed by atoms with Gasteiger partial charge in [0.05, 0.1) is 23.3 Å². The maximum absolute atomic E-state index is 13.3. The van der Waals surface area contributed by atoms with Crippen molar-refractivity contribution in [3.63, 3.8) is 0 Å². The van der Waals surface area contributed by atoms with E-state index in [2.05, 4.69) is 4.99 Å². The average Bonchev–Trinajstić information content (AvgIpc) is 3.66. The van der Waals surface area contributed by atoms with Gasteiger partial charge in [0.15, 0.2) is 18.2 Å². The van der Waals surface area contributed by atoms with Crippen molar-refractivity contribution in [3.8, 4) is 0 Å². The van der Waals surface area contributed by atoms with Gasteiger partial charge in [-0.3, -0.25) is 4.99 Å². The Kier molecular flexibility index (Phi) is 9.85. The summed E-state index contributed by atoms with van der Waals surface area (Å²) in [6.45, 7) is 1.60. The largest absolute Gasteiger partial charge is 0.464 e. The second-order valence-electron chi connectivity index (χ2n) is 9.58. The van der Waals surface area contributed by atoms with Gasteiger partial charge < -0.3 is 23.7 Å². The molecule has 0 N–H and O–H groups in total. The Bertz CT molecular complexity index is 1470. The zero-order valence-corrected chi connectivity index (χ0v) is 24.0. The fourth-order valence-corrected chi connectivity index (χ4v) is 5.68. The number of ether oxygens (including phenoxy) is 5. The van der Waals surface area contributed by atoms with E-state index in [0.29, 0.717) is 16.4 Å². The van der Waals surface area contributed by atoms with E-state index in [1.54, 1.807) is 97.9 Å². The first-order chi connectivity index (χ1) is 20.9. The lowest BCUT2D eigenvalue weighted by atomic mass is 10.1. The van der Waals surface area contributed by atoms with Gasteiger partial charge in [0.2, 0.25) is 0 Å². The lowest BCUT2D eigenvalue weighted by Crippen LogP contribution is -2.43. The molecule has 10 nitrogen and oxygen atoms in total. The molecule has 3 aromatic rings. The van der Waals surface area contributed by atoms with Gasteiger partial charge in [-0.15, -0.1) is 11.8 Å². The van der Waals surface area contributed by atoms with E-state index in [-0.39, 0.29) is 24.3 Å². The molecule has 3 aromatic carbocycles. The number of hydrogen-bond acceptors (Lipinski definition) is 11. The average molecular weight is 604 g/mol. The Balaban J connectivity index is 1.45. The molecular formula is C32H29NO9S. The Labute approximate surface area is 252 Å². The number of esters is 4. The Morgan fingerprint density at radius 3 is 1.79 bits per heavy atom. The van der Waals surface area contributed by atoms with Crippen molar-refractivity contribution in [2.75, 3.05) is 19.0 Å². The third-order valence-corrected chi connectivity index (χ3v) is 7.79. The first-order valence-electron chi connectivity index (χ1n) is 13.7. The standard InChI is InChI=1S/C32H29NO9S/c1-2-38-32(37)23-19-43-28(33-23)27-26(42-31(36)22-16-10-5-11-17-22)25(41-30(35)21-14-8-4-9-15-21)24(40-27)18-39-29(34)20-12-6-3-7-13-20/h3-17,23-27H,2,18-19H2,1H3/t23?,24-,25-,26-,27-/m1/s1. The van der Waals surface area contributed by atoms with E-state index in [0.717, 1.165) is 0 Å². The quantitative estimate of drug-likeness (QED) is 0.247. The van der Waals surface area contributed by atoms with Gasteiger partial charge in [0.1, 0.15) is 23.9 Å². The van der Waals surface area contributed by atoms with E-state index in [1.165, 1.54) is 11.8 Å². The number of carbonyl (C=O) groups is 4. The van der Waals surface area contributed by atoms with Crippen molar-refractivity contribution in [1.29, 1.82) is 0 Å². The molecule has 0 bridgehead atoms. The van der Waals surface area contributed by atoms with Crippen LogP contribution in [0.1, 0.15) is 38.0 Å². The number of nitrogens with zero attached hydrogens (tertiary/aromatic N) is 1. The molecule has 5 atom stereocenters. The highest BCUT2D eigenvalue weighted by molar-refractivity contribution is 8.14. The first kappa shape index (κ1) is 30.0. The summed E-state index contributed by atoms with van der Waals surface area (Å²) < 4.78 is 28.8. The van der Waals surface area contributed by atoms with Crippen molar-refractivity contribution in [2.45, 2.75) is 37.4 Å². The number of thioether (sulfide) groups is 1. The van der Waals surface area contributed by atoms with Crippen molar-refractivity contribution in [2.24, 2.45) is 4.99 Å². The molecule has 2 heterocycles. The molecule has 43 heavy (non-hydrogen) atoms. The van der Waals surface area contributed by atoms with Crippen LogP contribution in [-0.4, -0.2) is 78.3 Å². The van der Waals surface area contributed by atoms with Crippen LogP contribution in [0.25, 0.3) is 0 Å². The molecule has 0 spiro atoms. The maximum Gasteiger partial charge on any atom is 0.338 e. The SMILES string of the molecule is CCOC(=O)C1CSC([C@@H]2O[C@H](COC(=O)c3ccccc3)[C@@H](OC(=O)c3ccccc3)[C@H]2OC(=O)c2ccccc2)=N1. The highest BCUT2D eigenvalue weighted by Gasteiger charge is 2.53. The summed E-state index contributed by atoms with van der Waals surface area (Å²) in [5, 5.41) is 0.376. The molecule has 2 aliphatic heterocycles. The van der Waals surface area contributed by atoms with Crippen LogP contribution in [0.3, 0.4) is 0 Å². The van der Waals surface area contributed by atoms with Crippen LogP contribution in [0, 0.1) is 0 Å². The van der Waals surface area contributed by atoms with Gasteiger partial charge in [-0.2, -0.15) is 0 Å². The van der Waals surface area contributed by atoms with Crippen molar-refractivity contribution in [1.82, 2.24) is 0 Å². The molecule has 0 radical (unpaired) electrons. The molecule has 0 amide bonds. The summed E-state index contributed by atoms with van der Waals surface area (Å²) in [4.78, 5) is 56.1. The lowest BCUT2D eigenvalue weighted by Gasteiger charge is -2.24. The second-order valence-corrected chi connectivity index (χ2v) is 10.6. The van der Waals surface area contributed by atoms with Crippen LogP contribution in [0.4, 0.5) is 0 Å². The van der Waals surface area contributed by atoms with E-state index < -0.39 is 54.3 Å². The van der Waals surface area contributed by atoms with Gasteiger partial charge in [-0.1, -0.05) is 54.6 Å². The van der Waals surface area contributed by atoms with E-state index >= 15 is 0 Å². The molecule has 1 fully saturated rings. The van der Waals surface area contributed by atoms with Gasteiger partial charge in [-0.25, -0.2) is 19.2 Å². The Hall–Kier alpha value is -4.48. The van der Waals surface area contributed by atoms with Crippen LogP contribution < -0.4 is 0 Å². The van der Waals surface area contributed by atoms with Crippen LogP contribution >= 0.6 is 11.8 Å². The number of carbonyl (C=O) groups excluding carboxylic acids is 4. The van der Waals surface area contributed by atoms with Crippen molar-refractivity contribution in [3.05, 3.63) is 108 Å². The summed E-state index contributed by atoms with van der Waals surface area (Å²) in [7, 11) is 0.